The molecule has 0 aliphatic carbocycles. The molecule has 0 atom stereocenters. The first-order valence-electron chi connectivity index (χ1n) is 7.07. The quantitative estimate of drug-likeness (QED) is 0.339. The fourth-order valence-corrected chi connectivity index (χ4v) is 3.88. The monoisotopic (exact) mass is 550 g/mol. The Kier molecular flexibility index (Phi) is 6.84. The highest BCUT2D eigenvalue weighted by molar-refractivity contribution is 14.1. The summed E-state index contributed by atoms with van der Waals surface area (Å²) in [6.07, 6.45) is 1.41. The van der Waals surface area contributed by atoms with Crippen molar-refractivity contribution in [2.75, 3.05) is 6.61 Å². The minimum absolute atomic E-state index is 0.128. The van der Waals surface area contributed by atoms with Crippen LogP contribution in [0.4, 0.5) is 0 Å². The summed E-state index contributed by atoms with van der Waals surface area (Å²) < 4.78 is 7.18. The molecule has 2 aromatic carbocycles. The van der Waals surface area contributed by atoms with Crippen LogP contribution in [0.25, 0.3) is 0 Å². The molecule has 0 saturated carbocycles. The number of carbonyl (C=O) groups excluding carboxylic acids is 1. The molecule has 5 nitrogen and oxygen atoms in total. The van der Waals surface area contributed by atoms with Gasteiger partial charge in [0.05, 0.1) is 9.78 Å². The molecule has 0 aliphatic rings. The highest BCUT2D eigenvalue weighted by atomic mass is 127. The van der Waals surface area contributed by atoms with Gasteiger partial charge in [-0.3, -0.25) is 4.79 Å². The zero-order chi connectivity index (χ0) is 17.7. The summed E-state index contributed by atoms with van der Waals surface area (Å²) in [7, 11) is 0. The lowest BCUT2D eigenvalue weighted by Gasteiger charge is -2.08. The van der Waals surface area contributed by atoms with Crippen molar-refractivity contribution in [3.63, 3.8) is 0 Å². The number of aromatic hydroxyl groups is 1. The highest BCUT2D eigenvalue weighted by Crippen LogP contribution is 2.25. The first-order chi connectivity index (χ1) is 11.4. The number of amides is 1. The van der Waals surface area contributed by atoms with Crippen LogP contribution in [0.1, 0.15) is 16.7 Å². The van der Waals surface area contributed by atoms with E-state index in [1.807, 2.05) is 60.7 Å². The number of rotatable bonds is 5. The van der Waals surface area contributed by atoms with E-state index in [1.165, 1.54) is 6.21 Å². The number of hydrogen-bond donors (Lipinski definition) is 2. The zero-order valence-electron chi connectivity index (χ0n) is 13.1. The molecule has 0 radical (unpaired) electrons. The number of phenolic OH excluding ortho intramolecular Hbond substituents is 1. The molecule has 126 valence electrons. The maximum Gasteiger partial charge on any atom is 0.277 e. The summed E-state index contributed by atoms with van der Waals surface area (Å²) >= 11 is 4.20. The van der Waals surface area contributed by atoms with Gasteiger partial charge in [-0.05, 0) is 82.8 Å². The minimum atomic E-state index is -0.369. The van der Waals surface area contributed by atoms with Gasteiger partial charge in [0.25, 0.3) is 5.91 Å². The molecule has 2 aromatic rings. The summed E-state index contributed by atoms with van der Waals surface area (Å²) in [4.78, 5) is 11.8. The topological polar surface area (TPSA) is 70.9 Å². The third-order valence-electron chi connectivity index (χ3n) is 3.14. The maximum atomic E-state index is 11.8. The minimum Gasteiger partial charge on any atom is -0.506 e. The van der Waals surface area contributed by atoms with Gasteiger partial charge in [0.1, 0.15) is 11.5 Å². The molecule has 0 aliphatic heterocycles. The lowest BCUT2D eigenvalue weighted by molar-refractivity contribution is -0.123. The molecule has 0 saturated heterocycles. The van der Waals surface area contributed by atoms with Gasteiger partial charge in [-0.1, -0.05) is 17.7 Å². The van der Waals surface area contributed by atoms with Gasteiger partial charge in [-0.25, -0.2) is 5.43 Å². The van der Waals surface area contributed by atoms with Crippen LogP contribution in [0.5, 0.6) is 11.5 Å². The normalized spacial score (nSPS) is 10.8. The molecule has 1 amide bonds. The molecular weight excluding hydrogens is 534 g/mol. The zero-order valence-corrected chi connectivity index (χ0v) is 17.5. The number of hydrazone groups is 1. The lowest BCUT2D eigenvalue weighted by atomic mass is 10.1. The smallest absolute Gasteiger partial charge is 0.277 e. The van der Waals surface area contributed by atoms with Gasteiger partial charge in [0.2, 0.25) is 0 Å². The number of hydrogen-bond acceptors (Lipinski definition) is 4. The van der Waals surface area contributed by atoms with Gasteiger partial charge in [-0.15, -0.1) is 0 Å². The van der Waals surface area contributed by atoms with E-state index in [9.17, 15) is 9.90 Å². The summed E-state index contributed by atoms with van der Waals surface area (Å²) in [6, 6.07) is 9.39. The van der Waals surface area contributed by atoms with E-state index in [1.54, 1.807) is 6.07 Å². The highest BCUT2D eigenvalue weighted by Gasteiger charge is 2.06. The third kappa shape index (κ3) is 5.33. The van der Waals surface area contributed by atoms with Crippen LogP contribution >= 0.6 is 45.2 Å². The number of phenols is 1. The number of nitrogens with zero attached hydrogens (tertiary/aromatic N) is 1. The Hall–Kier alpha value is -1.36. The molecule has 0 spiro atoms. The molecule has 2 rings (SSSR count). The molecule has 2 N–H and O–H groups in total. The SMILES string of the molecule is Cc1ccc(OCC(=O)N/N=C\c2cc(I)cc(I)c2O)c(C)c1. The lowest BCUT2D eigenvalue weighted by Crippen LogP contribution is -2.24. The third-order valence-corrected chi connectivity index (χ3v) is 4.58. The fourth-order valence-electron chi connectivity index (χ4n) is 1.99. The second-order valence-corrected chi connectivity index (χ2v) is 7.58. The van der Waals surface area contributed by atoms with Crippen molar-refractivity contribution in [1.29, 1.82) is 0 Å². The van der Waals surface area contributed by atoms with E-state index in [4.69, 9.17) is 4.74 Å². The number of ether oxygens (including phenoxy) is 1. The van der Waals surface area contributed by atoms with Gasteiger partial charge in [0.15, 0.2) is 6.61 Å². The summed E-state index contributed by atoms with van der Waals surface area (Å²) in [5.74, 6) is 0.441. The van der Waals surface area contributed by atoms with E-state index in [0.717, 1.165) is 18.3 Å². The van der Waals surface area contributed by atoms with Crippen LogP contribution in [0.15, 0.2) is 35.4 Å². The van der Waals surface area contributed by atoms with Crippen LogP contribution in [0.2, 0.25) is 0 Å². The summed E-state index contributed by atoms with van der Waals surface area (Å²) in [5, 5.41) is 13.8. The van der Waals surface area contributed by atoms with Crippen molar-refractivity contribution in [2.24, 2.45) is 5.10 Å². The Morgan fingerprint density at radius 1 is 1.29 bits per heavy atom. The van der Waals surface area contributed by atoms with Crippen molar-refractivity contribution in [3.8, 4) is 11.5 Å². The van der Waals surface area contributed by atoms with Gasteiger partial charge >= 0.3 is 0 Å². The van der Waals surface area contributed by atoms with Crippen molar-refractivity contribution in [3.05, 3.63) is 54.2 Å². The number of halogens is 2. The second-order valence-electron chi connectivity index (χ2n) is 5.18. The molecule has 24 heavy (non-hydrogen) atoms. The number of carbonyl (C=O) groups is 1. The molecule has 0 aromatic heterocycles. The van der Waals surface area contributed by atoms with Crippen molar-refractivity contribution in [1.82, 2.24) is 5.43 Å². The molecule has 0 bridgehead atoms. The summed E-state index contributed by atoms with van der Waals surface area (Å²) in [5.41, 5.74) is 5.05. The van der Waals surface area contributed by atoms with E-state index in [0.29, 0.717) is 11.3 Å². The van der Waals surface area contributed by atoms with E-state index in [-0.39, 0.29) is 18.3 Å². The van der Waals surface area contributed by atoms with Crippen molar-refractivity contribution >= 4 is 57.3 Å². The van der Waals surface area contributed by atoms with E-state index >= 15 is 0 Å². The largest absolute Gasteiger partial charge is 0.506 e. The second kappa shape index (κ2) is 8.65. The van der Waals surface area contributed by atoms with Crippen LogP contribution in [0, 0.1) is 21.0 Å². The average molecular weight is 550 g/mol. The van der Waals surface area contributed by atoms with Gasteiger partial charge in [-0.2, -0.15) is 5.10 Å². The predicted molar refractivity (Wildman–Crippen MR) is 111 cm³/mol. The van der Waals surface area contributed by atoms with Crippen LogP contribution in [-0.4, -0.2) is 23.8 Å². The number of aryl methyl sites for hydroxylation is 2. The molecule has 0 fully saturated rings. The first-order valence-corrected chi connectivity index (χ1v) is 9.22. The maximum absolute atomic E-state index is 11.8. The van der Waals surface area contributed by atoms with Crippen LogP contribution in [-0.2, 0) is 4.79 Å². The van der Waals surface area contributed by atoms with Gasteiger partial charge < -0.3 is 9.84 Å². The van der Waals surface area contributed by atoms with Crippen LogP contribution in [0.3, 0.4) is 0 Å². The Labute approximate surface area is 167 Å². The summed E-state index contributed by atoms with van der Waals surface area (Å²) in [6.45, 7) is 3.80. The molecule has 7 heteroatoms. The first kappa shape index (κ1) is 19.0. The Morgan fingerprint density at radius 3 is 2.75 bits per heavy atom. The van der Waals surface area contributed by atoms with Crippen molar-refractivity contribution < 1.29 is 14.6 Å². The number of benzene rings is 2. The molecule has 0 unspecified atom stereocenters. The van der Waals surface area contributed by atoms with Crippen molar-refractivity contribution in [2.45, 2.75) is 13.8 Å². The van der Waals surface area contributed by atoms with Gasteiger partial charge in [0, 0.05) is 9.13 Å². The predicted octanol–water partition coefficient (Wildman–Crippen LogP) is 3.75. The van der Waals surface area contributed by atoms with E-state index in [2.05, 4.69) is 33.1 Å². The Morgan fingerprint density at radius 2 is 2.04 bits per heavy atom. The molecule has 0 heterocycles. The van der Waals surface area contributed by atoms with Crippen LogP contribution < -0.4 is 10.2 Å². The van der Waals surface area contributed by atoms with E-state index < -0.39 is 0 Å². The average Bonchev–Trinajstić information content (AvgIpc) is 2.51. The molecular formula is C17H16I2N2O3. The number of nitrogens with one attached hydrogen (secondary N) is 1. The Bertz CT molecular complexity index is 792. The standard InChI is InChI=1S/C17H16I2N2O3/c1-10-3-4-15(11(2)5-10)24-9-16(22)21-20-8-12-6-13(18)7-14(19)17(12)23/h3-8,23H,9H2,1-2H3,(H,21,22)/b20-8-. The Balaban J connectivity index is 1.91. The fraction of sp³-hybridized carbons (Fsp3) is 0.176.